The third kappa shape index (κ3) is 5.40. The van der Waals surface area contributed by atoms with Gasteiger partial charge in [0.05, 0.1) is 12.1 Å². The zero-order chi connectivity index (χ0) is 25.5. The van der Waals surface area contributed by atoms with E-state index < -0.39 is 28.2 Å². The first-order valence-electron chi connectivity index (χ1n) is 12.3. The molecule has 0 bridgehead atoms. The largest absolute Gasteiger partial charge is 0.486 e. The van der Waals surface area contributed by atoms with Crippen LogP contribution in [-0.2, 0) is 10.0 Å². The summed E-state index contributed by atoms with van der Waals surface area (Å²) in [6, 6.07) is 8.51. The number of fused-ring (bicyclic) bond motifs is 2. The molecule has 2 N–H and O–H groups in total. The van der Waals surface area contributed by atoms with E-state index in [-0.39, 0.29) is 48.7 Å². The number of aliphatic hydroxyl groups excluding tert-OH is 1. The van der Waals surface area contributed by atoms with Crippen molar-refractivity contribution >= 4 is 10.0 Å². The summed E-state index contributed by atoms with van der Waals surface area (Å²) in [6.07, 6.45) is 2.63. The highest BCUT2D eigenvalue weighted by Gasteiger charge is 2.44. The average Bonchev–Trinajstić information content (AvgIpc) is 3.26. The Hall–Kier alpha value is -2.18. The lowest BCUT2D eigenvalue weighted by molar-refractivity contribution is -0.0524. The second kappa shape index (κ2) is 9.94. The molecule has 3 heterocycles. The summed E-state index contributed by atoms with van der Waals surface area (Å²) in [4.78, 5) is 8.33. The number of aliphatic hydroxyl groups is 1. The molecule has 1 aromatic heterocycles. The van der Waals surface area contributed by atoms with E-state index in [1.807, 2.05) is 18.0 Å². The van der Waals surface area contributed by atoms with E-state index in [4.69, 9.17) is 4.74 Å². The predicted molar refractivity (Wildman–Crippen MR) is 130 cm³/mol. The van der Waals surface area contributed by atoms with Crippen LogP contribution in [0, 0.1) is 0 Å². The molecule has 11 heteroatoms. The molecule has 8 nitrogen and oxygen atoms in total. The Kier molecular flexibility index (Phi) is 7.03. The number of ether oxygens (including phenoxy) is 1. The quantitative estimate of drug-likeness (QED) is 0.625. The number of hydrogen-bond acceptors (Lipinski definition) is 7. The molecule has 0 radical (unpaired) electrons. The molecule has 0 spiro atoms. The zero-order valence-electron chi connectivity index (χ0n) is 20.2. The molecule has 1 saturated carbocycles. The van der Waals surface area contributed by atoms with Crippen molar-refractivity contribution in [1.82, 2.24) is 19.5 Å². The first kappa shape index (κ1) is 25.5. The molecule has 36 heavy (non-hydrogen) atoms. The molecule has 196 valence electrons. The number of nitrogens with zero attached hydrogens (tertiary/aromatic N) is 3. The number of nitrogens with one attached hydrogen (secondary N) is 1. The number of β-amino-alcohol motifs (C(OH)–C–C–N with tert-alkyl or cyclic N) is 1. The minimum absolute atomic E-state index is 0.00130. The van der Waals surface area contributed by atoms with E-state index >= 15 is 0 Å². The number of likely N-dealkylation sites (tertiary alicyclic amines) is 1. The number of likely N-dealkylation sites (N-methyl/N-ethyl adjacent to an activating group) is 1. The van der Waals surface area contributed by atoms with Gasteiger partial charge < -0.3 is 9.84 Å². The van der Waals surface area contributed by atoms with Gasteiger partial charge in [0, 0.05) is 63.0 Å². The van der Waals surface area contributed by atoms with E-state index in [1.54, 1.807) is 30.6 Å². The SMILES string of the molecule is CN1C[C@@H](O)CNS(=O)(=O)c2ccc(-c3cccnc3)cc2O[C@H]2CN(C3CCC(F)(F)CC3)C[C@H]21. The number of halogens is 2. The third-order valence-corrected chi connectivity index (χ3v) is 9.01. The molecule has 1 aliphatic carbocycles. The summed E-state index contributed by atoms with van der Waals surface area (Å²) < 4.78 is 62.8. The first-order valence-corrected chi connectivity index (χ1v) is 13.8. The molecule has 3 aliphatic rings. The zero-order valence-corrected chi connectivity index (χ0v) is 21.0. The van der Waals surface area contributed by atoms with Crippen LogP contribution in [0.25, 0.3) is 11.1 Å². The van der Waals surface area contributed by atoms with Crippen LogP contribution < -0.4 is 9.46 Å². The van der Waals surface area contributed by atoms with Gasteiger partial charge in [-0.25, -0.2) is 21.9 Å². The maximum Gasteiger partial charge on any atom is 0.248 e. The summed E-state index contributed by atoms with van der Waals surface area (Å²) in [5.41, 5.74) is 1.59. The Bertz CT molecular complexity index is 1170. The lowest BCUT2D eigenvalue weighted by Gasteiger charge is -2.34. The number of alkyl halides is 2. The van der Waals surface area contributed by atoms with Crippen molar-refractivity contribution in [3.63, 3.8) is 0 Å². The average molecular weight is 523 g/mol. The van der Waals surface area contributed by atoms with Crippen molar-refractivity contribution in [3.05, 3.63) is 42.7 Å². The Morgan fingerprint density at radius 3 is 2.64 bits per heavy atom. The normalized spacial score (nSPS) is 29.5. The molecule has 2 fully saturated rings. The van der Waals surface area contributed by atoms with Gasteiger partial charge >= 0.3 is 0 Å². The number of sulfonamides is 1. The predicted octanol–water partition coefficient (Wildman–Crippen LogP) is 2.34. The van der Waals surface area contributed by atoms with Crippen LogP contribution in [0.3, 0.4) is 0 Å². The summed E-state index contributed by atoms with van der Waals surface area (Å²) in [5, 5.41) is 10.5. The van der Waals surface area contributed by atoms with Crippen LogP contribution in [-0.4, -0.2) is 91.7 Å². The van der Waals surface area contributed by atoms with E-state index in [0.29, 0.717) is 25.9 Å². The van der Waals surface area contributed by atoms with Crippen molar-refractivity contribution in [3.8, 4) is 16.9 Å². The van der Waals surface area contributed by atoms with Crippen LogP contribution in [0.1, 0.15) is 25.7 Å². The highest BCUT2D eigenvalue weighted by Crippen LogP contribution is 2.38. The van der Waals surface area contributed by atoms with Crippen LogP contribution in [0.5, 0.6) is 5.75 Å². The van der Waals surface area contributed by atoms with E-state index in [2.05, 4.69) is 14.6 Å². The molecule has 2 aromatic rings. The molecule has 2 aliphatic heterocycles. The highest BCUT2D eigenvalue weighted by atomic mass is 32.2. The first-order chi connectivity index (χ1) is 17.1. The maximum atomic E-state index is 13.8. The molecule has 3 atom stereocenters. The lowest BCUT2D eigenvalue weighted by Crippen LogP contribution is -2.48. The smallest absolute Gasteiger partial charge is 0.248 e. The second-order valence-electron chi connectivity index (χ2n) is 10.1. The fourth-order valence-electron chi connectivity index (χ4n) is 5.53. The van der Waals surface area contributed by atoms with Gasteiger partial charge in [0.1, 0.15) is 16.7 Å². The molecular weight excluding hydrogens is 490 g/mol. The number of aromatic nitrogens is 1. The summed E-state index contributed by atoms with van der Waals surface area (Å²) >= 11 is 0. The fourth-order valence-corrected chi connectivity index (χ4v) is 6.71. The topological polar surface area (TPSA) is 95.0 Å². The molecule has 0 unspecified atom stereocenters. The minimum atomic E-state index is -3.95. The standard InChI is InChI=1S/C25H32F2N4O4S/c1-30-14-20(32)13-29-36(33,34)24-5-4-17(18-3-2-10-28-12-18)11-22(24)35-23-16-31(15-21(23)30)19-6-8-25(26,27)9-7-19/h2-5,10-12,19-21,23,29,32H,6-9,13-16H2,1H3/t20-,21+,23-/m0/s1. The van der Waals surface area contributed by atoms with Gasteiger partial charge in [-0.1, -0.05) is 12.1 Å². The number of pyridine rings is 1. The molecule has 5 rings (SSSR count). The molecule has 1 aromatic carbocycles. The van der Waals surface area contributed by atoms with Crippen LogP contribution in [0.4, 0.5) is 8.78 Å². The highest BCUT2D eigenvalue weighted by molar-refractivity contribution is 7.89. The summed E-state index contributed by atoms with van der Waals surface area (Å²) in [7, 11) is -2.07. The monoisotopic (exact) mass is 522 g/mol. The number of rotatable bonds is 2. The van der Waals surface area contributed by atoms with Gasteiger partial charge in [0.15, 0.2) is 0 Å². The van der Waals surface area contributed by atoms with Gasteiger partial charge in [-0.3, -0.25) is 14.8 Å². The van der Waals surface area contributed by atoms with Gasteiger partial charge in [-0.15, -0.1) is 0 Å². The number of benzene rings is 1. The van der Waals surface area contributed by atoms with E-state index in [1.165, 1.54) is 6.07 Å². The van der Waals surface area contributed by atoms with Gasteiger partial charge in [-0.05, 0) is 43.7 Å². The van der Waals surface area contributed by atoms with Crippen LogP contribution in [0.2, 0.25) is 0 Å². The van der Waals surface area contributed by atoms with Crippen molar-refractivity contribution in [1.29, 1.82) is 0 Å². The van der Waals surface area contributed by atoms with Crippen LogP contribution in [0.15, 0.2) is 47.6 Å². The van der Waals surface area contributed by atoms with Crippen molar-refractivity contribution < 1.29 is 27.0 Å². The number of hydrogen-bond donors (Lipinski definition) is 2. The Labute approximate surface area is 210 Å². The second-order valence-corrected chi connectivity index (χ2v) is 11.8. The van der Waals surface area contributed by atoms with Gasteiger partial charge in [0.2, 0.25) is 15.9 Å². The van der Waals surface area contributed by atoms with E-state index in [0.717, 1.165) is 11.1 Å². The molecule has 1 saturated heterocycles. The van der Waals surface area contributed by atoms with Crippen molar-refractivity contribution in [2.75, 3.05) is 33.2 Å². The molecular formula is C25H32F2N4O4S. The van der Waals surface area contributed by atoms with E-state index in [9.17, 15) is 22.3 Å². The fraction of sp³-hybridized carbons (Fsp3) is 0.560. The van der Waals surface area contributed by atoms with Gasteiger partial charge in [0.25, 0.3) is 0 Å². The van der Waals surface area contributed by atoms with Crippen LogP contribution >= 0.6 is 0 Å². The summed E-state index contributed by atoms with van der Waals surface area (Å²) in [5.74, 6) is -2.38. The molecule has 0 amide bonds. The van der Waals surface area contributed by atoms with Crippen molar-refractivity contribution in [2.24, 2.45) is 0 Å². The third-order valence-electron chi connectivity index (χ3n) is 7.55. The summed E-state index contributed by atoms with van der Waals surface area (Å²) in [6.45, 7) is 1.21. The van der Waals surface area contributed by atoms with Gasteiger partial charge in [-0.2, -0.15) is 0 Å². The maximum absolute atomic E-state index is 13.8. The Morgan fingerprint density at radius 1 is 1.14 bits per heavy atom. The minimum Gasteiger partial charge on any atom is -0.486 e. The Morgan fingerprint density at radius 2 is 1.92 bits per heavy atom. The Balaban J connectivity index is 1.49. The lowest BCUT2D eigenvalue weighted by atomic mass is 9.91. The van der Waals surface area contributed by atoms with Crippen molar-refractivity contribution in [2.45, 2.75) is 60.8 Å².